The van der Waals surface area contributed by atoms with Crippen LogP contribution < -0.4 is 5.32 Å². The summed E-state index contributed by atoms with van der Waals surface area (Å²) in [4.78, 5) is 4.65. The highest BCUT2D eigenvalue weighted by Gasteiger charge is 2.34. The van der Waals surface area contributed by atoms with Gasteiger partial charge in [-0.25, -0.2) is 17.7 Å². The van der Waals surface area contributed by atoms with Gasteiger partial charge in [-0.3, -0.25) is 0 Å². The number of sulfonamides is 1. The Labute approximate surface area is 131 Å². The third-order valence-electron chi connectivity index (χ3n) is 4.15. The molecule has 0 radical (unpaired) electrons. The second-order valence-corrected chi connectivity index (χ2v) is 8.07. The molecule has 0 unspecified atom stereocenters. The molecule has 118 valence electrons. The first-order valence-electron chi connectivity index (χ1n) is 7.57. The molecule has 1 saturated heterocycles. The van der Waals surface area contributed by atoms with E-state index in [1.54, 1.807) is 11.2 Å². The Morgan fingerprint density at radius 3 is 2.77 bits per heavy atom. The zero-order valence-electron chi connectivity index (χ0n) is 12.9. The number of nitrogens with zero attached hydrogens (tertiary/aromatic N) is 2. The molecule has 0 bridgehead atoms. The lowest BCUT2D eigenvalue weighted by atomic mass is 10.0. The maximum Gasteiger partial charge on any atom is 0.213 e. The van der Waals surface area contributed by atoms with Gasteiger partial charge in [0.1, 0.15) is 5.82 Å². The second-order valence-electron chi connectivity index (χ2n) is 5.81. The minimum atomic E-state index is -3.02. The number of nitrogens with one attached hydrogen (secondary N) is 1. The smallest absolute Gasteiger partial charge is 0.213 e. The average molecular weight is 319 g/mol. The number of hydrogen-bond donors (Lipinski definition) is 1. The second kappa shape index (κ2) is 5.85. The van der Waals surface area contributed by atoms with Gasteiger partial charge in [-0.05, 0) is 31.5 Å². The quantitative estimate of drug-likeness (QED) is 0.918. The number of aromatic nitrogens is 1. The number of hydrogen-bond acceptors (Lipinski definition) is 4. The first kappa shape index (κ1) is 15.2. The fourth-order valence-corrected chi connectivity index (χ4v) is 3.94. The van der Waals surface area contributed by atoms with Gasteiger partial charge in [0.25, 0.3) is 0 Å². The van der Waals surface area contributed by atoms with E-state index in [0.717, 1.165) is 28.8 Å². The summed E-state index contributed by atoms with van der Waals surface area (Å²) in [5.74, 6) is 1.42. The van der Waals surface area contributed by atoms with Crippen LogP contribution in [0.15, 0.2) is 30.3 Å². The van der Waals surface area contributed by atoms with Crippen molar-refractivity contribution in [2.24, 2.45) is 5.92 Å². The molecule has 22 heavy (non-hydrogen) atoms. The summed E-state index contributed by atoms with van der Waals surface area (Å²) in [5, 5.41) is 4.50. The molecule has 5 nitrogen and oxygen atoms in total. The van der Waals surface area contributed by atoms with Crippen LogP contribution in [0.2, 0.25) is 0 Å². The van der Waals surface area contributed by atoms with Crippen molar-refractivity contribution in [3.8, 4) is 0 Å². The van der Waals surface area contributed by atoms with Crippen molar-refractivity contribution in [1.82, 2.24) is 9.29 Å². The number of para-hydroxylation sites is 1. The predicted octanol–water partition coefficient (Wildman–Crippen LogP) is 2.24. The van der Waals surface area contributed by atoms with E-state index in [-0.39, 0.29) is 5.75 Å². The predicted molar refractivity (Wildman–Crippen MR) is 89.5 cm³/mol. The standard InChI is InChI=1S/C16H21N3O2S/c1-3-22(20,21)19-10-13(11-19)9-17-16-12(2)8-14-6-4-5-7-15(14)18-16/h4-8,13H,3,9-11H2,1-2H3,(H,17,18). The Morgan fingerprint density at radius 2 is 2.05 bits per heavy atom. The highest BCUT2D eigenvalue weighted by Crippen LogP contribution is 2.23. The first-order chi connectivity index (χ1) is 10.5. The van der Waals surface area contributed by atoms with Crippen LogP contribution in [0.5, 0.6) is 0 Å². The number of pyridine rings is 1. The Balaban J connectivity index is 1.62. The van der Waals surface area contributed by atoms with Gasteiger partial charge < -0.3 is 5.32 Å². The third kappa shape index (κ3) is 2.94. The highest BCUT2D eigenvalue weighted by molar-refractivity contribution is 7.89. The SMILES string of the molecule is CCS(=O)(=O)N1CC(CNc2nc3ccccc3cc2C)C1. The van der Waals surface area contributed by atoms with Crippen LogP contribution in [-0.2, 0) is 10.0 Å². The molecule has 1 aromatic heterocycles. The molecule has 1 aliphatic heterocycles. The molecule has 0 amide bonds. The molecule has 3 rings (SSSR count). The Hall–Kier alpha value is -1.66. The van der Waals surface area contributed by atoms with Crippen LogP contribution in [0.4, 0.5) is 5.82 Å². The lowest BCUT2D eigenvalue weighted by molar-refractivity contribution is 0.212. The van der Waals surface area contributed by atoms with E-state index in [1.807, 2.05) is 25.1 Å². The van der Waals surface area contributed by atoms with Gasteiger partial charge >= 0.3 is 0 Å². The summed E-state index contributed by atoms with van der Waals surface area (Å²) < 4.78 is 24.9. The Morgan fingerprint density at radius 1 is 1.32 bits per heavy atom. The molecule has 2 aromatic rings. The fraction of sp³-hybridized carbons (Fsp3) is 0.438. The van der Waals surface area contributed by atoms with Crippen LogP contribution in [0.25, 0.3) is 10.9 Å². The van der Waals surface area contributed by atoms with E-state index in [9.17, 15) is 8.42 Å². The van der Waals surface area contributed by atoms with Crippen molar-refractivity contribution in [3.05, 3.63) is 35.9 Å². The number of fused-ring (bicyclic) bond motifs is 1. The van der Waals surface area contributed by atoms with Crippen molar-refractivity contribution in [2.45, 2.75) is 13.8 Å². The van der Waals surface area contributed by atoms with Crippen molar-refractivity contribution in [2.75, 3.05) is 30.7 Å². The highest BCUT2D eigenvalue weighted by atomic mass is 32.2. The fourth-order valence-electron chi connectivity index (χ4n) is 2.70. The molecule has 0 saturated carbocycles. The van der Waals surface area contributed by atoms with Gasteiger partial charge in [-0.1, -0.05) is 18.2 Å². The Bertz CT molecular complexity index is 783. The molecular weight excluding hydrogens is 298 g/mol. The first-order valence-corrected chi connectivity index (χ1v) is 9.18. The third-order valence-corrected chi connectivity index (χ3v) is 5.97. The van der Waals surface area contributed by atoms with Gasteiger partial charge in [0.15, 0.2) is 0 Å². The van der Waals surface area contributed by atoms with Crippen LogP contribution in [0.3, 0.4) is 0 Å². The van der Waals surface area contributed by atoms with E-state index in [2.05, 4.69) is 22.4 Å². The molecule has 2 heterocycles. The van der Waals surface area contributed by atoms with Gasteiger partial charge in [0.05, 0.1) is 11.3 Å². The molecular formula is C16H21N3O2S. The number of aryl methyl sites for hydroxylation is 1. The molecule has 0 aliphatic carbocycles. The van der Waals surface area contributed by atoms with Crippen molar-refractivity contribution in [1.29, 1.82) is 0 Å². The maximum atomic E-state index is 11.7. The minimum absolute atomic E-state index is 0.179. The molecule has 0 spiro atoms. The van der Waals surface area contributed by atoms with Crippen molar-refractivity contribution < 1.29 is 8.42 Å². The number of benzene rings is 1. The van der Waals surface area contributed by atoms with Crippen molar-refractivity contribution in [3.63, 3.8) is 0 Å². The minimum Gasteiger partial charge on any atom is -0.369 e. The monoisotopic (exact) mass is 319 g/mol. The largest absolute Gasteiger partial charge is 0.369 e. The van der Waals surface area contributed by atoms with Crippen molar-refractivity contribution >= 4 is 26.7 Å². The van der Waals surface area contributed by atoms with Gasteiger partial charge in [-0.15, -0.1) is 0 Å². The average Bonchev–Trinajstić information content (AvgIpc) is 2.45. The number of rotatable bonds is 5. The van der Waals surface area contributed by atoms with E-state index in [0.29, 0.717) is 19.0 Å². The van der Waals surface area contributed by atoms with Gasteiger partial charge in [0, 0.05) is 30.9 Å². The normalized spacial score (nSPS) is 16.6. The lowest BCUT2D eigenvalue weighted by Gasteiger charge is -2.38. The number of anilines is 1. The molecule has 1 fully saturated rings. The van der Waals surface area contributed by atoms with Gasteiger partial charge in [0.2, 0.25) is 10.0 Å². The topological polar surface area (TPSA) is 62.3 Å². The van der Waals surface area contributed by atoms with E-state index in [4.69, 9.17) is 0 Å². The molecule has 0 atom stereocenters. The maximum absolute atomic E-state index is 11.7. The summed E-state index contributed by atoms with van der Waals surface area (Å²) in [6.07, 6.45) is 0. The Kier molecular flexibility index (Phi) is 4.06. The lowest BCUT2D eigenvalue weighted by Crippen LogP contribution is -2.52. The summed E-state index contributed by atoms with van der Waals surface area (Å²) in [7, 11) is -3.02. The van der Waals surface area contributed by atoms with Gasteiger partial charge in [-0.2, -0.15) is 0 Å². The summed E-state index contributed by atoms with van der Waals surface area (Å²) in [6, 6.07) is 10.2. The zero-order chi connectivity index (χ0) is 15.7. The summed E-state index contributed by atoms with van der Waals surface area (Å²) in [6.45, 7) is 5.69. The molecule has 1 N–H and O–H groups in total. The van der Waals surface area contributed by atoms with Crippen LogP contribution >= 0.6 is 0 Å². The van der Waals surface area contributed by atoms with Crippen LogP contribution in [0, 0.1) is 12.8 Å². The molecule has 6 heteroatoms. The molecule has 1 aromatic carbocycles. The van der Waals surface area contributed by atoms with Crippen LogP contribution in [0.1, 0.15) is 12.5 Å². The van der Waals surface area contributed by atoms with Crippen LogP contribution in [-0.4, -0.2) is 43.1 Å². The van der Waals surface area contributed by atoms with E-state index >= 15 is 0 Å². The molecule has 1 aliphatic rings. The zero-order valence-corrected chi connectivity index (χ0v) is 13.7. The summed E-state index contributed by atoms with van der Waals surface area (Å²) >= 11 is 0. The summed E-state index contributed by atoms with van der Waals surface area (Å²) in [5.41, 5.74) is 2.08. The van der Waals surface area contributed by atoms with E-state index in [1.165, 1.54) is 0 Å². The van der Waals surface area contributed by atoms with E-state index < -0.39 is 10.0 Å².